The molecule has 0 radical (unpaired) electrons. The Morgan fingerprint density at radius 3 is 2.78 bits per heavy atom. The highest BCUT2D eigenvalue weighted by Crippen LogP contribution is 2.61. The molecule has 2 aliphatic carbocycles. The molecular formula is C19H20FNO2. The number of aromatic nitrogens is 1. The monoisotopic (exact) mass is 313 g/mol. The number of hydrogen-bond donors (Lipinski definition) is 0. The van der Waals surface area contributed by atoms with E-state index in [-0.39, 0.29) is 11.9 Å². The van der Waals surface area contributed by atoms with Crippen LogP contribution in [0.1, 0.15) is 19.8 Å². The average Bonchev–Trinajstić information content (AvgIpc) is 3.05. The van der Waals surface area contributed by atoms with E-state index in [4.69, 9.17) is 9.47 Å². The van der Waals surface area contributed by atoms with Crippen LogP contribution in [0.15, 0.2) is 42.3 Å². The number of pyridine rings is 1. The van der Waals surface area contributed by atoms with Crippen LogP contribution in [0.4, 0.5) is 4.39 Å². The first-order valence-electron chi connectivity index (χ1n) is 8.07. The highest BCUT2D eigenvalue weighted by Gasteiger charge is 2.57. The van der Waals surface area contributed by atoms with Gasteiger partial charge in [-0.25, -0.2) is 4.39 Å². The van der Waals surface area contributed by atoms with Gasteiger partial charge < -0.3 is 9.47 Å². The van der Waals surface area contributed by atoms with Gasteiger partial charge in [0, 0.05) is 11.6 Å². The Bertz CT molecular complexity index is 761. The maximum absolute atomic E-state index is 13.5. The Labute approximate surface area is 135 Å². The maximum atomic E-state index is 13.5. The van der Waals surface area contributed by atoms with Crippen molar-refractivity contribution in [2.24, 2.45) is 17.8 Å². The van der Waals surface area contributed by atoms with E-state index in [1.165, 1.54) is 17.7 Å². The predicted octanol–water partition coefficient (Wildman–Crippen LogP) is 4.33. The summed E-state index contributed by atoms with van der Waals surface area (Å²) in [6.45, 7) is 2.14. The lowest BCUT2D eigenvalue weighted by Crippen LogP contribution is -2.16. The van der Waals surface area contributed by atoms with E-state index in [1.807, 2.05) is 12.3 Å². The Hall–Kier alpha value is -2.10. The zero-order chi connectivity index (χ0) is 16.0. The van der Waals surface area contributed by atoms with Gasteiger partial charge in [0.05, 0.1) is 25.0 Å². The molecule has 2 aliphatic rings. The fourth-order valence-electron chi connectivity index (χ4n) is 4.20. The average molecular weight is 313 g/mol. The Balaban J connectivity index is 1.48. The molecule has 3 nitrogen and oxygen atoms in total. The zero-order valence-corrected chi connectivity index (χ0v) is 13.3. The maximum Gasteiger partial charge on any atom is 0.130 e. The minimum atomic E-state index is -0.259. The summed E-state index contributed by atoms with van der Waals surface area (Å²) in [5.41, 5.74) is 2.10. The van der Waals surface area contributed by atoms with Crippen LogP contribution in [0.5, 0.6) is 5.75 Å². The molecule has 4 rings (SSSR count). The summed E-state index contributed by atoms with van der Waals surface area (Å²) >= 11 is 0. The van der Waals surface area contributed by atoms with Gasteiger partial charge in [-0.3, -0.25) is 4.98 Å². The first-order chi connectivity index (χ1) is 11.2. The fraction of sp³-hybridized carbons (Fsp3) is 0.421. The van der Waals surface area contributed by atoms with Crippen molar-refractivity contribution in [3.8, 4) is 5.75 Å². The van der Waals surface area contributed by atoms with E-state index < -0.39 is 0 Å². The lowest BCUT2D eigenvalue weighted by atomic mass is 10.0. The standard InChI is InChI=1S/C19H20FNO2/c1-11(10-22-2)19-14-8-13(9-15(14)19)23-18-5-6-21-17-4-3-12(20)7-16(17)18/h3-7,10,13-15,19H,8-9H2,1-2H3/b11-10+/t13-,14+,15-,19-. The molecule has 2 aromatic rings. The third-order valence-corrected chi connectivity index (χ3v) is 5.19. The smallest absolute Gasteiger partial charge is 0.130 e. The summed E-state index contributed by atoms with van der Waals surface area (Å²) in [7, 11) is 1.70. The van der Waals surface area contributed by atoms with Gasteiger partial charge in [0.25, 0.3) is 0 Å². The van der Waals surface area contributed by atoms with Crippen molar-refractivity contribution in [3.05, 3.63) is 48.1 Å². The van der Waals surface area contributed by atoms with Crippen molar-refractivity contribution in [2.75, 3.05) is 7.11 Å². The zero-order valence-electron chi connectivity index (χ0n) is 13.3. The number of allylic oxidation sites excluding steroid dienone is 1. The van der Waals surface area contributed by atoms with Gasteiger partial charge in [0.1, 0.15) is 11.6 Å². The van der Waals surface area contributed by atoms with Crippen molar-refractivity contribution < 1.29 is 13.9 Å². The van der Waals surface area contributed by atoms with E-state index in [1.54, 1.807) is 19.4 Å². The molecule has 1 aromatic heterocycles. The van der Waals surface area contributed by atoms with Gasteiger partial charge in [-0.15, -0.1) is 0 Å². The number of nitrogens with zero attached hydrogens (tertiary/aromatic N) is 1. The number of rotatable bonds is 4. The molecule has 4 atom stereocenters. The molecule has 0 spiro atoms. The quantitative estimate of drug-likeness (QED) is 0.787. The van der Waals surface area contributed by atoms with Crippen molar-refractivity contribution in [1.82, 2.24) is 4.98 Å². The van der Waals surface area contributed by atoms with Crippen LogP contribution in [0.3, 0.4) is 0 Å². The van der Waals surface area contributed by atoms with Crippen LogP contribution in [0.2, 0.25) is 0 Å². The van der Waals surface area contributed by atoms with Gasteiger partial charge in [-0.1, -0.05) is 0 Å². The Kier molecular flexibility index (Phi) is 3.47. The van der Waals surface area contributed by atoms with E-state index in [0.717, 1.165) is 29.5 Å². The van der Waals surface area contributed by atoms with Crippen molar-refractivity contribution in [2.45, 2.75) is 25.9 Å². The lowest BCUT2D eigenvalue weighted by molar-refractivity contribution is 0.191. The van der Waals surface area contributed by atoms with Crippen LogP contribution in [0.25, 0.3) is 10.9 Å². The molecule has 23 heavy (non-hydrogen) atoms. The minimum Gasteiger partial charge on any atom is -0.504 e. The molecule has 2 saturated carbocycles. The molecule has 1 aromatic carbocycles. The normalized spacial score (nSPS) is 29.4. The highest BCUT2D eigenvalue weighted by atomic mass is 19.1. The molecule has 0 N–H and O–H groups in total. The summed E-state index contributed by atoms with van der Waals surface area (Å²) < 4.78 is 24.8. The largest absolute Gasteiger partial charge is 0.504 e. The van der Waals surface area contributed by atoms with Gasteiger partial charge in [0.15, 0.2) is 0 Å². The van der Waals surface area contributed by atoms with Crippen molar-refractivity contribution in [1.29, 1.82) is 0 Å². The molecule has 0 aliphatic heterocycles. The molecular weight excluding hydrogens is 293 g/mol. The summed E-state index contributed by atoms with van der Waals surface area (Å²) in [4.78, 5) is 4.27. The van der Waals surface area contributed by atoms with Crippen molar-refractivity contribution >= 4 is 10.9 Å². The number of fused-ring (bicyclic) bond motifs is 2. The predicted molar refractivity (Wildman–Crippen MR) is 86.6 cm³/mol. The summed E-state index contributed by atoms with van der Waals surface area (Å²) in [5, 5.41) is 0.750. The Morgan fingerprint density at radius 1 is 1.26 bits per heavy atom. The second-order valence-corrected chi connectivity index (χ2v) is 6.63. The first kappa shape index (κ1) is 14.5. The molecule has 4 heteroatoms. The number of methoxy groups -OCH3 is 1. The third-order valence-electron chi connectivity index (χ3n) is 5.19. The molecule has 0 bridgehead atoms. The van der Waals surface area contributed by atoms with Gasteiger partial charge in [-0.2, -0.15) is 0 Å². The second-order valence-electron chi connectivity index (χ2n) is 6.63. The first-order valence-corrected chi connectivity index (χ1v) is 8.07. The van der Waals surface area contributed by atoms with Crippen molar-refractivity contribution in [3.63, 3.8) is 0 Å². The van der Waals surface area contributed by atoms with Crippen LogP contribution in [-0.4, -0.2) is 18.2 Å². The molecule has 0 unspecified atom stereocenters. The number of benzene rings is 1. The summed E-state index contributed by atoms with van der Waals surface area (Å²) in [6, 6.07) is 6.46. The molecule has 2 fully saturated rings. The van der Waals surface area contributed by atoms with E-state index in [2.05, 4.69) is 11.9 Å². The minimum absolute atomic E-state index is 0.213. The lowest BCUT2D eigenvalue weighted by Gasteiger charge is -2.18. The molecule has 0 amide bonds. The van der Waals surface area contributed by atoms with Gasteiger partial charge in [-0.05, 0) is 67.4 Å². The topological polar surface area (TPSA) is 31.4 Å². The van der Waals surface area contributed by atoms with Gasteiger partial charge in [0.2, 0.25) is 0 Å². The molecule has 120 valence electrons. The number of halogens is 1. The van der Waals surface area contributed by atoms with E-state index in [0.29, 0.717) is 17.8 Å². The summed E-state index contributed by atoms with van der Waals surface area (Å²) in [5.74, 6) is 2.54. The second kappa shape index (κ2) is 5.52. The SMILES string of the molecule is CO/C=C(\C)[C@H]1[C@@H]2C[C@H](Oc3ccnc4ccc(F)cc34)C[C@@H]21. The third kappa shape index (κ3) is 2.56. The molecule has 0 saturated heterocycles. The highest BCUT2D eigenvalue weighted by molar-refractivity contribution is 5.84. The Morgan fingerprint density at radius 2 is 2.04 bits per heavy atom. The van der Waals surface area contributed by atoms with E-state index >= 15 is 0 Å². The number of hydrogen-bond acceptors (Lipinski definition) is 3. The number of ether oxygens (including phenoxy) is 2. The summed E-state index contributed by atoms with van der Waals surface area (Å²) in [6.07, 6.45) is 5.91. The van der Waals surface area contributed by atoms with Crippen LogP contribution < -0.4 is 4.74 Å². The fourth-order valence-corrected chi connectivity index (χ4v) is 4.20. The van der Waals surface area contributed by atoms with Crippen LogP contribution in [0, 0.1) is 23.6 Å². The van der Waals surface area contributed by atoms with Gasteiger partial charge >= 0.3 is 0 Å². The van der Waals surface area contributed by atoms with Crippen LogP contribution >= 0.6 is 0 Å². The van der Waals surface area contributed by atoms with E-state index in [9.17, 15) is 4.39 Å². The molecule has 1 heterocycles. The van der Waals surface area contributed by atoms with Crippen LogP contribution in [-0.2, 0) is 4.74 Å².